The highest BCUT2D eigenvalue weighted by atomic mass is 35.5. The number of furan rings is 1. The summed E-state index contributed by atoms with van der Waals surface area (Å²) in [7, 11) is 0. The molecule has 2 N–H and O–H groups in total. The number of Topliss-reactive ketones (excluding diaryl/α,β-unsaturated/α-hetero) is 1. The normalized spacial score (nSPS) is 15.7. The van der Waals surface area contributed by atoms with Gasteiger partial charge in [-0.2, -0.15) is 0 Å². The van der Waals surface area contributed by atoms with E-state index in [1.807, 2.05) is 0 Å². The molecule has 4 aromatic rings. The third-order valence-electron chi connectivity index (χ3n) is 5.57. The number of pyridine rings is 1. The SMILES string of the molecule is CC(=O)Nc1cccc(N2C(=O)C(O)=C(C(=O)c3cc4cc(Cl)ccc4o3)C2c2ccccn2)c1. The second kappa shape index (κ2) is 8.73. The molecule has 0 radical (unpaired) electrons. The average Bonchev–Trinajstić information content (AvgIpc) is 3.37. The van der Waals surface area contributed by atoms with Gasteiger partial charge in [-0.15, -0.1) is 0 Å². The Morgan fingerprint density at radius 1 is 1.09 bits per heavy atom. The molecule has 8 nitrogen and oxygen atoms in total. The summed E-state index contributed by atoms with van der Waals surface area (Å²) in [5.74, 6) is -2.46. The van der Waals surface area contributed by atoms with Crippen LogP contribution in [0.2, 0.25) is 5.02 Å². The van der Waals surface area contributed by atoms with Crippen molar-refractivity contribution in [3.63, 3.8) is 0 Å². The highest BCUT2D eigenvalue weighted by Crippen LogP contribution is 2.42. The molecule has 2 aromatic heterocycles. The maximum Gasteiger partial charge on any atom is 0.294 e. The fraction of sp³-hybridized carbons (Fsp3) is 0.0769. The van der Waals surface area contributed by atoms with Crippen LogP contribution in [0.4, 0.5) is 11.4 Å². The molecule has 35 heavy (non-hydrogen) atoms. The van der Waals surface area contributed by atoms with E-state index in [9.17, 15) is 19.5 Å². The van der Waals surface area contributed by atoms with Gasteiger partial charge in [0.05, 0.1) is 11.3 Å². The first-order valence-corrected chi connectivity index (χ1v) is 11.0. The number of benzene rings is 2. The standard InChI is InChI=1S/C26H18ClN3O5/c1-14(31)29-17-5-4-6-18(13-17)30-23(19-7-2-3-10-28-19)22(25(33)26(30)34)24(32)21-12-15-11-16(27)8-9-20(15)35-21/h2-13,23,33H,1H3,(H,29,31). The van der Waals surface area contributed by atoms with E-state index in [1.54, 1.807) is 60.7 Å². The first-order valence-electron chi connectivity index (χ1n) is 10.6. The number of ketones is 1. The van der Waals surface area contributed by atoms with Crippen LogP contribution < -0.4 is 10.2 Å². The summed E-state index contributed by atoms with van der Waals surface area (Å²) >= 11 is 6.05. The maximum absolute atomic E-state index is 13.6. The monoisotopic (exact) mass is 487 g/mol. The van der Waals surface area contributed by atoms with Crippen LogP contribution >= 0.6 is 11.6 Å². The number of anilines is 2. The molecule has 2 aromatic carbocycles. The summed E-state index contributed by atoms with van der Waals surface area (Å²) in [5, 5.41) is 14.7. The van der Waals surface area contributed by atoms with E-state index in [4.69, 9.17) is 16.0 Å². The molecule has 1 aliphatic rings. The van der Waals surface area contributed by atoms with Crippen molar-refractivity contribution in [2.75, 3.05) is 10.2 Å². The van der Waals surface area contributed by atoms with Crippen molar-refractivity contribution in [1.29, 1.82) is 0 Å². The lowest BCUT2D eigenvalue weighted by Gasteiger charge is -2.26. The number of halogens is 1. The Kier molecular flexibility index (Phi) is 5.58. The van der Waals surface area contributed by atoms with Gasteiger partial charge in [-0.1, -0.05) is 23.7 Å². The van der Waals surface area contributed by atoms with Crippen LogP contribution in [0.1, 0.15) is 29.2 Å². The number of fused-ring (bicyclic) bond motifs is 1. The lowest BCUT2D eigenvalue weighted by atomic mass is 9.98. The Morgan fingerprint density at radius 2 is 1.91 bits per heavy atom. The number of nitrogens with one attached hydrogen (secondary N) is 1. The Labute approximate surface area is 204 Å². The minimum Gasteiger partial charge on any atom is -0.503 e. The van der Waals surface area contributed by atoms with Gasteiger partial charge >= 0.3 is 0 Å². The number of rotatable bonds is 5. The van der Waals surface area contributed by atoms with Crippen molar-refractivity contribution in [3.05, 3.63) is 101 Å². The van der Waals surface area contributed by atoms with Crippen molar-refractivity contribution in [2.45, 2.75) is 13.0 Å². The second-order valence-corrected chi connectivity index (χ2v) is 8.38. The van der Waals surface area contributed by atoms with Crippen molar-refractivity contribution >= 4 is 51.5 Å². The van der Waals surface area contributed by atoms with Crippen molar-refractivity contribution in [3.8, 4) is 0 Å². The van der Waals surface area contributed by atoms with Crippen LogP contribution in [0.25, 0.3) is 11.0 Å². The smallest absolute Gasteiger partial charge is 0.294 e. The Balaban J connectivity index is 1.63. The second-order valence-electron chi connectivity index (χ2n) is 7.95. The summed E-state index contributed by atoms with van der Waals surface area (Å²) in [6, 6.07) is 17.1. The van der Waals surface area contributed by atoms with Crippen LogP contribution in [0.15, 0.2) is 88.7 Å². The summed E-state index contributed by atoms with van der Waals surface area (Å²) < 4.78 is 5.72. The number of carbonyl (C=O) groups is 3. The summed E-state index contributed by atoms with van der Waals surface area (Å²) in [5.41, 5.74) is 1.47. The number of aliphatic hydroxyl groups is 1. The zero-order valence-corrected chi connectivity index (χ0v) is 19.1. The third-order valence-corrected chi connectivity index (χ3v) is 5.80. The molecule has 1 aliphatic heterocycles. The van der Waals surface area contributed by atoms with Crippen molar-refractivity contribution in [2.24, 2.45) is 0 Å². The molecule has 0 saturated carbocycles. The van der Waals surface area contributed by atoms with Gasteiger partial charge in [0.1, 0.15) is 11.6 Å². The predicted octanol–water partition coefficient (Wildman–Crippen LogP) is 5.22. The summed E-state index contributed by atoms with van der Waals surface area (Å²) in [6.07, 6.45) is 1.53. The van der Waals surface area contributed by atoms with E-state index < -0.39 is 23.5 Å². The number of carbonyl (C=O) groups excluding carboxylic acids is 3. The molecule has 0 aliphatic carbocycles. The Bertz CT molecular complexity index is 1530. The highest BCUT2D eigenvalue weighted by molar-refractivity contribution is 6.31. The maximum atomic E-state index is 13.6. The number of hydrogen-bond donors (Lipinski definition) is 2. The lowest BCUT2D eigenvalue weighted by molar-refractivity contribution is -0.117. The van der Waals surface area contributed by atoms with Crippen molar-refractivity contribution < 1.29 is 23.9 Å². The molecular weight excluding hydrogens is 470 g/mol. The van der Waals surface area contributed by atoms with Crippen molar-refractivity contribution in [1.82, 2.24) is 4.98 Å². The lowest BCUT2D eigenvalue weighted by Crippen LogP contribution is -2.31. The van der Waals surface area contributed by atoms with Gasteiger partial charge in [0.25, 0.3) is 5.91 Å². The first kappa shape index (κ1) is 22.4. The van der Waals surface area contributed by atoms with Crippen LogP contribution in [-0.4, -0.2) is 27.7 Å². The van der Waals surface area contributed by atoms with Gasteiger partial charge in [-0.25, -0.2) is 0 Å². The fourth-order valence-corrected chi connectivity index (χ4v) is 4.30. The Hall–Kier alpha value is -4.43. The molecule has 5 rings (SSSR count). The largest absolute Gasteiger partial charge is 0.503 e. The molecule has 0 fully saturated rings. The molecule has 1 unspecified atom stereocenters. The minimum absolute atomic E-state index is 0.0496. The third kappa shape index (κ3) is 4.04. The van der Waals surface area contributed by atoms with E-state index in [0.29, 0.717) is 33.1 Å². The number of aliphatic hydroxyl groups excluding tert-OH is 1. The molecule has 174 valence electrons. The number of amides is 2. The zero-order chi connectivity index (χ0) is 24.7. The fourth-order valence-electron chi connectivity index (χ4n) is 4.12. The molecule has 9 heteroatoms. The zero-order valence-electron chi connectivity index (χ0n) is 18.4. The molecular formula is C26H18ClN3O5. The van der Waals surface area contributed by atoms with Crippen LogP contribution in [0.5, 0.6) is 0 Å². The van der Waals surface area contributed by atoms with Gasteiger partial charge in [0.2, 0.25) is 11.7 Å². The first-order chi connectivity index (χ1) is 16.8. The minimum atomic E-state index is -1.03. The van der Waals surface area contributed by atoms with E-state index in [1.165, 1.54) is 24.1 Å². The average molecular weight is 488 g/mol. The number of hydrogen-bond acceptors (Lipinski definition) is 6. The topological polar surface area (TPSA) is 113 Å². The summed E-state index contributed by atoms with van der Waals surface area (Å²) in [4.78, 5) is 44.1. The van der Waals surface area contributed by atoms with Crippen LogP contribution in [0.3, 0.4) is 0 Å². The molecule has 0 spiro atoms. The number of aromatic nitrogens is 1. The van der Waals surface area contributed by atoms with E-state index in [0.717, 1.165) is 0 Å². The number of nitrogens with zero attached hydrogens (tertiary/aromatic N) is 2. The van der Waals surface area contributed by atoms with Crippen LogP contribution in [0, 0.1) is 0 Å². The van der Waals surface area contributed by atoms with Gasteiger partial charge in [0.15, 0.2) is 11.5 Å². The molecule has 0 bridgehead atoms. The predicted molar refractivity (Wildman–Crippen MR) is 130 cm³/mol. The van der Waals surface area contributed by atoms with Gasteiger partial charge in [-0.3, -0.25) is 24.3 Å². The van der Waals surface area contributed by atoms with E-state index in [-0.39, 0.29) is 17.2 Å². The van der Waals surface area contributed by atoms with Crippen LogP contribution in [-0.2, 0) is 9.59 Å². The van der Waals surface area contributed by atoms with E-state index in [2.05, 4.69) is 10.3 Å². The van der Waals surface area contributed by atoms with Gasteiger partial charge in [0, 0.05) is 34.9 Å². The molecule has 2 amide bonds. The quantitative estimate of drug-likeness (QED) is 0.373. The highest BCUT2D eigenvalue weighted by Gasteiger charge is 2.46. The summed E-state index contributed by atoms with van der Waals surface area (Å²) in [6.45, 7) is 1.37. The Morgan fingerprint density at radius 3 is 2.66 bits per heavy atom. The molecule has 3 heterocycles. The van der Waals surface area contributed by atoms with E-state index >= 15 is 0 Å². The van der Waals surface area contributed by atoms with Gasteiger partial charge in [-0.05, 0) is 54.6 Å². The van der Waals surface area contributed by atoms with Gasteiger partial charge < -0.3 is 14.8 Å². The molecule has 0 saturated heterocycles. The molecule has 1 atom stereocenters.